The number of hydrogen-bond acceptors (Lipinski definition) is 5. The normalized spacial score (nSPS) is 26.2. The Morgan fingerprint density at radius 3 is 2.81 bits per heavy atom. The van der Waals surface area contributed by atoms with E-state index < -0.39 is 17.6 Å². The highest BCUT2D eigenvalue weighted by Crippen LogP contribution is 2.18. The molecule has 0 saturated carbocycles. The standard InChI is InChI=1S/C10H18N2O4/c1-10(4-3-5-12-10)9(15)11-6-7(13)8(14)16-2/h7,12-13H,3-6H2,1-2H3,(H,11,15). The number of rotatable bonds is 4. The van der Waals surface area contributed by atoms with Crippen molar-refractivity contribution < 1.29 is 19.4 Å². The fourth-order valence-corrected chi connectivity index (χ4v) is 1.69. The smallest absolute Gasteiger partial charge is 0.336 e. The lowest BCUT2D eigenvalue weighted by Crippen LogP contribution is -2.53. The van der Waals surface area contributed by atoms with Gasteiger partial charge in [0.1, 0.15) is 0 Å². The minimum atomic E-state index is -1.31. The van der Waals surface area contributed by atoms with E-state index in [4.69, 9.17) is 0 Å². The molecule has 2 unspecified atom stereocenters. The van der Waals surface area contributed by atoms with Gasteiger partial charge in [0.05, 0.1) is 19.2 Å². The fourth-order valence-electron chi connectivity index (χ4n) is 1.69. The lowest BCUT2D eigenvalue weighted by molar-refractivity contribution is -0.150. The van der Waals surface area contributed by atoms with E-state index in [9.17, 15) is 14.7 Å². The van der Waals surface area contributed by atoms with Gasteiger partial charge in [0.15, 0.2) is 6.10 Å². The molecule has 0 aromatic heterocycles. The zero-order valence-electron chi connectivity index (χ0n) is 9.58. The van der Waals surface area contributed by atoms with Gasteiger partial charge in [0.25, 0.3) is 0 Å². The van der Waals surface area contributed by atoms with Crippen molar-refractivity contribution in [3.05, 3.63) is 0 Å². The van der Waals surface area contributed by atoms with Crippen LogP contribution in [0.3, 0.4) is 0 Å². The summed E-state index contributed by atoms with van der Waals surface area (Å²) in [6.07, 6.45) is 0.398. The largest absolute Gasteiger partial charge is 0.467 e. The van der Waals surface area contributed by atoms with Gasteiger partial charge in [0, 0.05) is 0 Å². The zero-order valence-corrected chi connectivity index (χ0v) is 9.58. The summed E-state index contributed by atoms with van der Waals surface area (Å²) in [6, 6.07) is 0. The Hall–Kier alpha value is -1.14. The van der Waals surface area contributed by atoms with Gasteiger partial charge in [-0.05, 0) is 26.3 Å². The molecule has 0 radical (unpaired) electrons. The van der Waals surface area contributed by atoms with Crippen LogP contribution in [-0.2, 0) is 14.3 Å². The highest BCUT2D eigenvalue weighted by atomic mass is 16.5. The maximum Gasteiger partial charge on any atom is 0.336 e. The molecule has 0 aromatic rings. The van der Waals surface area contributed by atoms with Crippen LogP contribution in [0.4, 0.5) is 0 Å². The van der Waals surface area contributed by atoms with Crippen LogP contribution in [0, 0.1) is 0 Å². The van der Waals surface area contributed by atoms with Crippen molar-refractivity contribution in [3.8, 4) is 0 Å². The van der Waals surface area contributed by atoms with Crippen LogP contribution in [0.25, 0.3) is 0 Å². The molecular weight excluding hydrogens is 212 g/mol. The number of amides is 1. The molecule has 2 atom stereocenters. The van der Waals surface area contributed by atoms with Crippen LogP contribution in [0.15, 0.2) is 0 Å². The molecule has 3 N–H and O–H groups in total. The second kappa shape index (κ2) is 5.27. The first-order valence-corrected chi connectivity index (χ1v) is 5.29. The van der Waals surface area contributed by atoms with Crippen molar-refractivity contribution in [1.29, 1.82) is 0 Å². The highest BCUT2D eigenvalue weighted by molar-refractivity contribution is 5.86. The van der Waals surface area contributed by atoms with Gasteiger partial charge in [-0.1, -0.05) is 0 Å². The van der Waals surface area contributed by atoms with Gasteiger partial charge in [-0.15, -0.1) is 0 Å². The molecule has 1 rings (SSSR count). The maximum absolute atomic E-state index is 11.7. The molecule has 1 aliphatic heterocycles. The minimum absolute atomic E-state index is 0.122. The third-order valence-electron chi connectivity index (χ3n) is 2.80. The molecule has 0 aromatic carbocycles. The summed E-state index contributed by atoms with van der Waals surface area (Å²) in [5.74, 6) is -0.946. The lowest BCUT2D eigenvalue weighted by Gasteiger charge is -2.23. The molecule has 1 heterocycles. The van der Waals surface area contributed by atoms with Crippen molar-refractivity contribution in [2.45, 2.75) is 31.4 Å². The molecule has 1 fully saturated rings. The molecule has 1 saturated heterocycles. The van der Waals surface area contributed by atoms with Crippen molar-refractivity contribution in [2.24, 2.45) is 0 Å². The Kier molecular flexibility index (Phi) is 4.26. The van der Waals surface area contributed by atoms with E-state index in [1.807, 2.05) is 0 Å². The molecule has 1 aliphatic rings. The quantitative estimate of drug-likeness (QED) is 0.527. The summed E-state index contributed by atoms with van der Waals surface area (Å²) in [5, 5.41) is 14.9. The van der Waals surface area contributed by atoms with Gasteiger partial charge >= 0.3 is 5.97 Å². The second-order valence-corrected chi connectivity index (χ2v) is 4.11. The van der Waals surface area contributed by atoms with E-state index >= 15 is 0 Å². The first-order chi connectivity index (χ1) is 7.49. The van der Waals surface area contributed by atoms with Gasteiger partial charge in [-0.3, -0.25) is 4.79 Å². The number of nitrogens with one attached hydrogen (secondary N) is 2. The van der Waals surface area contributed by atoms with Crippen LogP contribution >= 0.6 is 0 Å². The van der Waals surface area contributed by atoms with E-state index in [1.165, 1.54) is 7.11 Å². The number of ether oxygens (including phenoxy) is 1. The third kappa shape index (κ3) is 2.93. The zero-order chi connectivity index (χ0) is 12.2. The molecule has 92 valence electrons. The minimum Gasteiger partial charge on any atom is -0.467 e. The number of aliphatic hydroxyl groups is 1. The van der Waals surface area contributed by atoms with Crippen molar-refractivity contribution in [3.63, 3.8) is 0 Å². The van der Waals surface area contributed by atoms with Crippen LogP contribution in [0.1, 0.15) is 19.8 Å². The summed E-state index contributed by atoms with van der Waals surface area (Å²) in [6.45, 7) is 2.49. The van der Waals surface area contributed by atoms with Gasteiger partial charge in [-0.2, -0.15) is 0 Å². The Balaban J connectivity index is 2.37. The predicted molar refractivity (Wildman–Crippen MR) is 56.7 cm³/mol. The number of esters is 1. The first-order valence-electron chi connectivity index (χ1n) is 5.29. The maximum atomic E-state index is 11.7. The van der Waals surface area contributed by atoms with E-state index in [0.29, 0.717) is 0 Å². The number of hydrogen-bond donors (Lipinski definition) is 3. The van der Waals surface area contributed by atoms with Crippen LogP contribution in [-0.4, -0.2) is 48.8 Å². The van der Waals surface area contributed by atoms with Crippen molar-refractivity contribution in [2.75, 3.05) is 20.2 Å². The van der Waals surface area contributed by atoms with Gasteiger partial charge < -0.3 is 20.5 Å². The molecule has 6 heteroatoms. The average Bonchev–Trinajstić information content (AvgIpc) is 2.72. The Labute approximate surface area is 94.3 Å². The average molecular weight is 230 g/mol. The number of methoxy groups -OCH3 is 1. The highest BCUT2D eigenvalue weighted by Gasteiger charge is 2.36. The first kappa shape index (κ1) is 12.9. The summed E-state index contributed by atoms with van der Waals surface area (Å²) < 4.78 is 4.34. The van der Waals surface area contributed by atoms with Crippen LogP contribution in [0.2, 0.25) is 0 Å². The molecule has 16 heavy (non-hydrogen) atoms. The number of carbonyl (C=O) groups is 2. The summed E-state index contributed by atoms with van der Waals surface area (Å²) in [7, 11) is 1.19. The Bertz CT molecular complexity index is 274. The van der Waals surface area contributed by atoms with Crippen LogP contribution in [0.5, 0.6) is 0 Å². The van der Waals surface area contributed by atoms with E-state index in [1.54, 1.807) is 6.92 Å². The van der Waals surface area contributed by atoms with Crippen LogP contribution < -0.4 is 10.6 Å². The molecule has 1 amide bonds. The Morgan fingerprint density at radius 2 is 2.31 bits per heavy atom. The summed E-state index contributed by atoms with van der Waals surface area (Å²) in [4.78, 5) is 22.6. The summed E-state index contributed by atoms with van der Waals surface area (Å²) >= 11 is 0. The summed E-state index contributed by atoms with van der Waals surface area (Å²) in [5.41, 5.74) is -0.587. The number of carbonyl (C=O) groups excluding carboxylic acids is 2. The molecule has 0 bridgehead atoms. The number of aliphatic hydroxyl groups excluding tert-OH is 1. The van der Waals surface area contributed by atoms with Gasteiger partial charge in [-0.25, -0.2) is 4.79 Å². The molecule has 0 aliphatic carbocycles. The SMILES string of the molecule is COC(=O)C(O)CNC(=O)C1(C)CCCN1. The molecular formula is C10H18N2O4. The Morgan fingerprint density at radius 1 is 1.62 bits per heavy atom. The molecule has 6 nitrogen and oxygen atoms in total. The molecule has 0 spiro atoms. The third-order valence-corrected chi connectivity index (χ3v) is 2.80. The monoisotopic (exact) mass is 230 g/mol. The van der Waals surface area contributed by atoms with E-state index in [0.717, 1.165) is 19.4 Å². The van der Waals surface area contributed by atoms with Crippen molar-refractivity contribution >= 4 is 11.9 Å². The predicted octanol–water partition coefficient (Wildman–Crippen LogP) is -1.22. The fraction of sp³-hybridized carbons (Fsp3) is 0.800. The lowest BCUT2D eigenvalue weighted by atomic mass is 9.99. The van der Waals surface area contributed by atoms with Crippen molar-refractivity contribution in [1.82, 2.24) is 10.6 Å². The van der Waals surface area contributed by atoms with Gasteiger partial charge in [0.2, 0.25) is 5.91 Å². The second-order valence-electron chi connectivity index (χ2n) is 4.11. The topological polar surface area (TPSA) is 87.7 Å². The van der Waals surface area contributed by atoms with E-state index in [2.05, 4.69) is 15.4 Å². The van der Waals surface area contributed by atoms with E-state index in [-0.39, 0.29) is 12.5 Å².